The van der Waals surface area contributed by atoms with Crippen LogP contribution in [0.4, 0.5) is 5.69 Å². The Morgan fingerprint density at radius 3 is 2.38 bits per heavy atom. The zero-order valence-corrected chi connectivity index (χ0v) is 6.51. The zero-order chi connectivity index (χ0) is 10.0. The summed E-state index contributed by atoms with van der Waals surface area (Å²) in [6, 6.07) is 2.31. The lowest BCUT2D eigenvalue weighted by molar-refractivity contribution is 0.281. The smallest absolute Gasteiger partial charge is 0.509 e. The van der Waals surface area contributed by atoms with E-state index in [1.165, 1.54) is 0 Å². The number of benzene rings is 1. The van der Waals surface area contributed by atoms with Crippen molar-refractivity contribution in [3.63, 3.8) is 0 Å². The van der Waals surface area contributed by atoms with E-state index in [4.69, 9.17) is 20.9 Å². The van der Waals surface area contributed by atoms with Crippen molar-refractivity contribution in [3.05, 3.63) is 12.1 Å². The minimum absolute atomic E-state index is 0.217. The summed E-state index contributed by atoms with van der Waals surface area (Å²) >= 11 is 0. The number of hydrogen-bond donors (Lipinski definition) is 5. The summed E-state index contributed by atoms with van der Waals surface area (Å²) in [7, 11) is -2.05. The number of anilines is 1. The van der Waals surface area contributed by atoms with Gasteiger partial charge in [0.05, 0.1) is 0 Å². The van der Waals surface area contributed by atoms with E-state index in [0.29, 0.717) is 0 Å². The Morgan fingerprint density at radius 1 is 1.23 bits per heavy atom. The van der Waals surface area contributed by atoms with Crippen LogP contribution < -0.4 is 10.4 Å². The van der Waals surface area contributed by atoms with Gasteiger partial charge in [0.2, 0.25) is 0 Å². The molecule has 0 bridgehead atoms. The fourth-order valence-electron chi connectivity index (χ4n) is 0.786. The molecule has 0 amide bonds. The minimum atomic E-state index is -2.05. The summed E-state index contributed by atoms with van der Waals surface area (Å²) < 4.78 is 4.35. The zero-order valence-electron chi connectivity index (χ0n) is 6.51. The van der Waals surface area contributed by atoms with Crippen LogP contribution in [0.5, 0.6) is 17.2 Å². The minimum Gasteiger partial charge on any atom is -0.509 e. The van der Waals surface area contributed by atoms with Crippen molar-refractivity contribution in [2.45, 2.75) is 0 Å². The van der Waals surface area contributed by atoms with Crippen molar-refractivity contribution < 1.29 is 24.9 Å². The van der Waals surface area contributed by atoms with E-state index in [0.717, 1.165) is 12.1 Å². The molecule has 6 nitrogen and oxygen atoms in total. The van der Waals surface area contributed by atoms with Gasteiger partial charge in [-0.1, -0.05) is 0 Å². The molecule has 0 radical (unpaired) electrons. The van der Waals surface area contributed by atoms with Gasteiger partial charge in [-0.15, -0.1) is 0 Å². The third-order valence-electron chi connectivity index (χ3n) is 1.39. The van der Waals surface area contributed by atoms with Crippen LogP contribution in [0.15, 0.2) is 12.1 Å². The average Bonchev–Trinajstić information content (AvgIpc) is 2.06. The summed E-state index contributed by atoms with van der Waals surface area (Å²) in [5.74, 6) is -1.06. The molecule has 0 atom stereocenters. The second kappa shape index (κ2) is 3.42. The van der Waals surface area contributed by atoms with Crippen LogP contribution in [0.3, 0.4) is 0 Å². The average molecular weight is 185 g/mol. The SMILES string of the molecule is Nc1c(O)ccc(OB(O)O)c1O. The third kappa shape index (κ3) is 1.95. The molecular formula is C6H8BNO5. The van der Waals surface area contributed by atoms with Crippen LogP contribution in [0.25, 0.3) is 0 Å². The molecule has 1 aromatic rings. The van der Waals surface area contributed by atoms with E-state index in [2.05, 4.69) is 4.65 Å². The number of phenolic OH excluding ortho intramolecular Hbond substituents is 2. The van der Waals surface area contributed by atoms with E-state index in [-0.39, 0.29) is 17.2 Å². The van der Waals surface area contributed by atoms with Gasteiger partial charge in [-0.2, -0.15) is 0 Å². The fraction of sp³-hybridized carbons (Fsp3) is 0. The lowest BCUT2D eigenvalue weighted by Crippen LogP contribution is -2.20. The highest BCUT2D eigenvalue weighted by molar-refractivity contribution is 6.33. The Balaban J connectivity index is 3.04. The maximum absolute atomic E-state index is 9.20. The molecule has 70 valence electrons. The van der Waals surface area contributed by atoms with Gasteiger partial charge in [0.15, 0.2) is 5.75 Å². The van der Waals surface area contributed by atoms with Gasteiger partial charge in [0, 0.05) is 0 Å². The summed E-state index contributed by atoms with van der Waals surface area (Å²) in [5.41, 5.74) is 4.94. The second-order valence-corrected chi connectivity index (χ2v) is 2.29. The van der Waals surface area contributed by atoms with Crippen molar-refractivity contribution in [2.24, 2.45) is 0 Å². The first-order valence-corrected chi connectivity index (χ1v) is 3.35. The molecule has 0 aliphatic carbocycles. The van der Waals surface area contributed by atoms with E-state index in [1.807, 2.05) is 0 Å². The van der Waals surface area contributed by atoms with Crippen molar-refractivity contribution in [1.82, 2.24) is 0 Å². The van der Waals surface area contributed by atoms with E-state index >= 15 is 0 Å². The normalized spacial score (nSPS) is 9.69. The molecule has 0 saturated carbocycles. The van der Waals surface area contributed by atoms with E-state index < -0.39 is 13.1 Å². The molecule has 0 aliphatic rings. The number of hydrogen-bond acceptors (Lipinski definition) is 6. The van der Waals surface area contributed by atoms with E-state index in [9.17, 15) is 5.11 Å². The molecule has 6 N–H and O–H groups in total. The van der Waals surface area contributed by atoms with Crippen LogP contribution in [0.1, 0.15) is 0 Å². The van der Waals surface area contributed by atoms with Crippen molar-refractivity contribution >= 4 is 13.0 Å². The topological polar surface area (TPSA) is 116 Å². The monoisotopic (exact) mass is 185 g/mol. The Labute approximate surface area is 74.0 Å². The maximum Gasteiger partial charge on any atom is 0.707 e. The molecule has 13 heavy (non-hydrogen) atoms. The number of nitrogens with two attached hydrogens (primary N) is 1. The molecule has 0 unspecified atom stereocenters. The van der Waals surface area contributed by atoms with Gasteiger partial charge in [-0.3, -0.25) is 0 Å². The lowest BCUT2D eigenvalue weighted by atomic mass is 10.2. The quantitative estimate of drug-likeness (QED) is 0.230. The summed E-state index contributed by atoms with van der Waals surface area (Å²) in [6.45, 7) is 0. The van der Waals surface area contributed by atoms with Crippen LogP contribution in [-0.2, 0) is 0 Å². The standard InChI is InChI=1S/C6H8BNO5/c8-5-3(9)1-2-4(6(5)10)13-7(11)12/h1-2,9-12H,8H2. The Morgan fingerprint density at radius 2 is 1.85 bits per heavy atom. The van der Waals surface area contributed by atoms with Crippen LogP contribution >= 0.6 is 0 Å². The highest BCUT2D eigenvalue weighted by Gasteiger charge is 2.16. The molecule has 1 rings (SSSR count). The van der Waals surface area contributed by atoms with Crippen LogP contribution in [0.2, 0.25) is 0 Å². The lowest BCUT2D eigenvalue weighted by Gasteiger charge is -2.09. The third-order valence-corrected chi connectivity index (χ3v) is 1.39. The maximum atomic E-state index is 9.20. The molecule has 0 spiro atoms. The predicted molar refractivity (Wildman–Crippen MR) is 45.0 cm³/mol. The Bertz CT molecular complexity index is 316. The number of phenols is 2. The molecule has 0 fully saturated rings. The summed E-state index contributed by atoms with van der Waals surface area (Å²) in [6.07, 6.45) is 0. The Hall–Kier alpha value is -1.60. The molecular weight excluding hydrogens is 177 g/mol. The first kappa shape index (κ1) is 9.49. The van der Waals surface area contributed by atoms with Gasteiger partial charge < -0.3 is 30.6 Å². The Kier molecular flexibility index (Phi) is 2.50. The van der Waals surface area contributed by atoms with Gasteiger partial charge in [0.1, 0.15) is 17.2 Å². The van der Waals surface area contributed by atoms with Crippen molar-refractivity contribution in [1.29, 1.82) is 0 Å². The van der Waals surface area contributed by atoms with Crippen molar-refractivity contribution in [3.8, 4) is 17.2 Å². The van der Waals surface area contributed by atoms with Gasteiger partial charge >= 0.3 is 7.32 Å². The fourth-order valence-corrected chi connectivity index (χ4v) is 0.786. The summed E-state index contributed by atoms with van der Waals surface area (Å²) in [5, 5.41) is 35.0. The number of nitrogen functional groups attached to an aromatic ring is 1. The van der Waals surface area contributed by atoms with Crippen molar-refractivity contribution in [2.75, 3.05) is 5.73 Å². The molecule has 7 heteroatoms. The molecule has 0 aromatic heterocycles. The van der Waals surface area contributed by atoms with E-state index in [1.54, 1.807) is 0 Å². The first-order chi connectivity index (χ1) is 6.02. The number of aromatic hydroxyl groups is 2. The van der Waals surface area contributed by atoms with Gasteiger partial charge in [0.25, 0.3) is 0 Å². The molecule has 0 heterocycles. The van der Waals surface area contributed by atoms with Gasteiger partial charge in [-0.25, -0.2) is 0 Å². The highest BCUT2D eigenvalue weighted by Crippen LogP contribution is 2.38. The molecule has 0 aliphatic heterocycles. The number of rotatable bonds is 2. The van der Waals surface area contributed by atoms with Gasteiger partial charge in [-0.05, 0) is 12.1 Å². The largest absolute Gasteiger partial charge is 0.707 e. The highest BCUT2D eigenvalue weighted by atomic mass is 16.6. The molecule has 0 saturated heterocycles. The van der Waals surface area contributed by atoms with Crippen LogP contribution in [0, 0.1) is 0 Å². The first-order valence-electron chi connectivity index (χ1n) is 3.35. The summed E-state index contributed by atoms with van der Waals surface area (Å²) in [4.78, 5) is 0. The second-order valence-electron chi connectivity index (χ2n) is 2.29. The van der Waals surface area contributed by atoms with Crippen LogP contribution in [-0.4, -0.2) is 27.6 Å². The molecule has 1 aromatic carbocycles. The predicted octanol–water partition coefficient (Wildman–Crippen LogP) is -0.972.